The van der Waals surface area contributed by atoms with E-state index in [2.05, 4.69) is 9.25 Å². The van der Waals surface area contributed by atoms with Gasteiger partial charge < -0.3 is 0 Å². The summed E-state index contributed by atoms with van der Waals surface area (Å²) >= 11 is 0. The standard InChI is InChI=1S/CH3FO3P/c1-4-6(3)5-2/h1H3/q+1. The van der Waals surface area contributed by atoms with Gasteiger partial charge in [-0.05, 0) is 0 Å². The van der Waals surface area contributed by atoms with E-state index in [4.69, 9.17) is 0 Å². The quantitative estimate of drug-likeness (QED) is 0.504. The van der Waals surface area contributed by atoms with Crippen LogP contribution in [0.25, 0.3) is 0 Å². The molecule has 0 N–H and O–H groups in total. The van der Waals surface area contributed by atoms with Crippen LogP contribution in [-0.2, 0) is 13.8 Å². The van der Waals surface area contributed by atoms with Crippen molar-refractivity contribution in [1.82, 2.24) is 0 Å². The second-order valence-electron chi connectivity index (χ2n) is 0.475. The molecule has 6 heavy (non-hydrogen) atoms. The van der Waals surface area contributed by atoms with Crippen LogP contribution in [0, 0.1) is 0 Å². The molecule has 0 bridgehead atoms. The monoisotopic (exact) mass is 113 g/mol. The van der Waals surface area contributed by atoms with E-state index in [0.717, 1.165) is 7.11 Å². The fourth-order valence-corrected chi connectivity index (χ4v) is 0.0845. The molecule has 0 saturated heterocycles. The molecule has 0 aliphatic rings. The van der Waals surface area contributed by atoms with Crippen molar-refractivity contribution in [3.8, 4) is 0 Å². The van der Waals surface area contributed by atoms with Gasteiger partial charge in [0, 0.05) is 9.09 Å². The van der Waals surface area contributed by atoms with E-state index < -0.39 is 8.25 Å². The Morgan fingerprint density at radius 1 is 1.83 bits per heavy atom. The van der Waals surface area contributed by atoms with Crippen LogP contribution in [0.5, 0.6) is 0 Å². The highest BCUT2D eigenvalue weighted by Gasteiger charge is 2.16. The molecule has 0 aliphatic heterocycles. The molecule has 0 amide bonds. The minimum absolute atomic E-state index is 1.08. The van der Waals surface area contributed by atoms with Gasteiger partial charge in [-0.25, -0.2) is 0 Å². The summed E-state index contributed by atoms with van der Waals surface area (Å²) in [5, 5.41) is 0. The van der Waals surface area contributed by atoms with Gasteiger partial charge >= 0.3 is 8.25 Å². The maximum absolute atomic E-state index is 10.5. The predicted molar refractivity (Wildman–Crippen MR) is 16.8 cm³/mol. The van der Waals surface area contributed by atoms with Crippen molar-refractivity contribution in [3.63, 3.8) is 0 Å². The van der Waals surface area contributed by atoms with Crippen LogP contribution >= 0.6 is 8.25 Å². The molecular formula is CH3FO3P+. The minimum atomic E-state index is -2.49. The zero-order valence-corrected chi connectivity index (χ0v) is 3.94. The van der Waals surface area contributed by atoms with E-state index in [1.807, 2.05) is 0 Å². The van der Waals surface area contributed by atoms with Crippen LogP contribution in [0.1, 0.15) is 0 Å². The highest BCUT2D eigenvalue weighted by molar-refractivity contribution is 7.33. The van der Waals surface area contributed by atoms with Crippen LogP contribution in [0.4, 0.5) is 4.53 Å². The fourth-order valence-electron chi connectivity index (χ4n) is 0.0282. The largest absolute Gasteiger partial charge is 0.732 e. The third-order valence-electron chi connectivity index (χ3n) is 0.205. The molecule has 0 radical (unpaired) electrons. The Hall–Kier alpha value is -0.0500. The molecule has 0 aromatic carbocycles. The Labute approximate surface area is 34.9 Å². The zero-order chi connectivity index (χ0) is 4.99. The summed E-state index contributed by atoms with van der Waals surface area (Å²) < 4.78 is 26.5. The Bertz CT molecular complexity index is 48.8. The third kappa shape index (κ3) is 2.20. The number of halogens is 1. The zero-order valence-electron chi connectivity index (χ0n) is 3.05. The summed E-state index contributed by atoms with van der Waals surface area (Å²) in [6.45, 7) is 0. The SMILES string of the molecule is CO[P+](=O)OF. The third-order valence-corrected chi connectivity index (χ3v) is 0.616. The minimum Gasteiger partial charge on any atom is -0.120 e. The maximum Gasteiger partial charge on any atom is 0.732 e. The molecule has 0 saturated carbocycles. The Morgan fingerprint density at radius 2 is 2.33 bits per heavy atom. The molecule has 0 heterocycles. The van der Waals surface area contributed by atoms with E-state index in [-0.39, 0.29) is 0 Å². The van der Waals surface area contributed by atoms with Crippen molar-refractivity contribution in [2.75, 3.05) is 7.11 Å². The van der Waals surface area contributed by atoms with Gasteiger partial charge in [-0.3, -0.25) is 0 Å². The van der Waals surface area contributed by atoms with Crippen molar-refractivity contribution < 1.29 is 18.3 Å². The van der Waals surface area contributed by atoms with E-state index in [9.17, 15) is 9.09 Å². The lowest BCUT2D eigenvalue weighted by Gasteiger charge is -1.61. The molecule has 0 aromatic heterocycles. The molecule has 0 aromatic rings. The Balaban J connectivity index is 2.99. The van der Waals surface area contributed by atoms with Crippen LogP contribution < -0.4 is 0 Å². The maximum atomic E-state index is 10.5. The molecule has 0 rings (SSSR count). The molecule has 0 fully saturated rings. The molecule has 36 valence electrons. The summed E-state index contributed by atoms with van der Waals surface area (Å²) in [5.41, 5.74) is 0. The number of hydrogen-bond acceptors (Lipinski definition) is 3. The first-order chi connectivity index (χ1) is 2.81. The van der Waals surface area contributed by atoms with Gasteiger partial charge in [-0.1, -0.05) is 0 Å². The number of hydrogen-bond donors (Lipinski definition) is 0. The second-order valence-corrected chi connectivity index (χ2v) is 1.43. The van der Waals surface area contributed by atoms with Gasteiger partial charge in [0.25, 0.3) is 0 Å². The molecular weight excluding hydrogens is 110 g/mol. The molecule has 0 spiro atoms. The summed E-state index contributed by atoms with van der Waals surface area (Å²) in [4.78, 5) is 0. The summed E-state index contributed by atoms with van der Waals surface area (Å²) in [6, 6.07) is 0. The average Bonchev–Trinajstić information content (AvgIpc) is 1.65. The first kappa shape index (κ1) is 5.95. The fraction of sp³-hybridized carbons (Fsp3) is 1.00. The Morgan fingerprint density at radius 3 is 2.33 bits per heavy atom. The van der Waals surface area contributed by atoms with Gasteiger partial charge in [-0.2, -0.15) is 0 Å². The second kappa shape index (κ2) is 3.15. The predicted octanol–water partition coefficient (Wildman–Crippen LogP) is 1.19. The van der Waals surface area contributed by atoms with Crippen molar-refractivity contribution >= 4 is 8.25 Å². The highest BCUT2D eigenvalue weighted by atomic mass is 31.1. The molecule has 0 aliphatic carbocycles. The van der Waals surface area contributed by atoms with Crippen LogP contribution in [0.3, 0.4) is 0 Å². The molecule has 3 nitrogen and oxygen atoms in total. The summed E-state index contributed by atoms with van der Waals surface area (Å²) in [5.74, 6) is 0. The van der Waals surface area contributed by atoms with Gasteiger partial charge in [0.05, 0.1) is 7.11 Å². The average molecular weight is 113 g/mol. The number of rotatable bonds is 2. The van der Waals surface area contributed by atoms with E-state index in [0.29, 0.717) is 0 Å². The summed E-state index contributed by atoms with van der Waals surface area (Å²) in [6.07, 6.45) is 0. The summed E-state index contributed by atoms with van der Waals surface area (Å²) in [7, 11) is -1.41. The molecule has 1 atom stereocenters. The van der Waals surface area contributed by atoms with Gasteiger partial charge in [0.15, 0.2) is 0 Å². The van der Waals surface area contributed by atoms with Crippen LogP contribution in [0.2, 0.25) is 0 Å². The lowest BCUT2D eigenvalue weighted by atomic mass is 11.8. The highest BCUT2D eigenvalue weighted by Crippen LogP contribution is 2.20. The van der Waals surface area contributed by atoms with E-state index in [1.165, 1.54) is 0 Å². The molecule has 1 unspecified atom stereocenters. The van der Waals surface area contributed by atoms with Gasteiger partial charge in [-0.15, -0.1) is 4.52 Å². The van der Waals surface area contributed by atoms with Crippen molar-refractivity contribution in [3.05, 3.63) is 0 Å². The van der Waals surface area contributed by atoms with Gasteiger partial charge in [0.2, 0.25) is 0 Å². The first-order valence-corrected chi connectivity index (χ1v) is 2.21. The van der Waals surface area contributed by atoms with E-state index in [1.54, 1.807) is 0 Å². The van der Waals surface area contributed by atoms with Crippen molar-refractivity contribution in [2.45, 2.75) is 0 Å². The van der Waals surface area contributed by atoms with E-state index >= 15 is 0 Å². The first-order valence-electron chi connectivity index (χ1n) is 1.11. The van der Waals surface area contributed by atoms with Crippen molar-refractivity contribution in [2.24, 2.45) is 0 Å². The lowest BCUT2D eigenvalue weighted by molar-refractivity contribution is -0.0126. The topological polar surface area (TPSA) is 35.5 Å². The van der Waals surface area contributed by atoms with Crippen LogP contribution in [0.15, 0.2) is 0 Å². The Kier molecular flexibility index (Phi) is 3.13. The molecule has 5 heteroatoms. The normalized spacial score (nSPS) is 11.3. The van der Waals surface area contributed by atoms with Gasteiger partial charge in [0.1, 0.15) is 4.73 Å². The van der Waals surface area contributed by atoms with Crippen molar-refractivity contribution in [1.29, 1.82) is 0 Å². The lowest BCUT2D eigenvalue weighted by Crippen LogP contribution is -1.61. The smallest absolute Gasteiger partial charge is 0.120 e. The van der Waals surface area contributed by atoms with Crippen LogP contribution in [-0.4, -0.2) is 7.11 Å².